The second-order valence-electron chi connectivity index (χ2n) is 4.35. The van der Waals surface area contributed by atoms with Crippen LogP contribution in [0, 0.1) is 0 Å². The van der Waals surface area contributed by atoms with Crippen LogP contribution in [0.25, 0.3) is 0 Å². The molecule has 0 bridgehead atoms. The van der Waals surface area contributed by atoms with Crippen molar-refractivity contribution >= 4 is 11.9 Å². The first-order valence-corrected chi connectivity index (χ1v) is 5.91. The van der Waals surface area contributed by atoms with Gasteiger partial charge in [0.1, 0.15) is 11.9 Å². The molecule has 0 aromatic carbocycles. The van der Waals surface area contributed by atoms with Gasteiger partial charge >= 0.3 is 5.97 Å². The quantitative estimate of drug-likeness (QED) is 0.699. The minimum absolute atomic E-state index is 0.0268. The van der Waals surface area contributed by atoms with E-state index in [0.29, 0.717) is 18.7 Å². The van der Waals surface area contributed by atoms with E-state index in [9.17, 15) is 9.59 Å². The fraction of sp³-hybridized carbons (Fsp3) is 0.636. The topological polar surface area (TPSA) is 108 Å². The normalized spacial score (nSPS) is 12.4. The van der Waals surface area contributed by atoms with Crippen molar-refractivity contribution in [2.24, 2.45) is 0 Å². The molecule has 0 aliphatic heterocycles. The molecule has 1 unspecified atom stereocenters. The molecule has 0 spiro atoms. The van der Waals surface area contributed by atoms with Crippen LogP contribution in [0.2, 0.25) is 0 Å². The third-order valence-electron chi connectivity index (χ3n) is 2.43. The van der Waals surface area contributed by atoms with E-state index < -0.39 is 17.9 Å². The van der Waals surface area contributed by atoms with Crippen molar-refractivity contribution in [3.8, 4) is 0 Å². The second kappa shape index (κ2) is 6.13. The lowest BCUT2D eigenvalue weighted by Gasteiger charge is -2.11. The molecule has 0 radical (unpaired) electrons. The van der Waals surface area contributed by atoms with E-state index in [0.717, 1.165) is 0 Å². The molecule has 0 fully saturated rings. The second-order valence-corrected chi connectivity index (χ2v) is 4.35. The monoisotopic (exact) mass is 254 g/mol. The number of carbonyl (C=O) groups excluding carboxylic acids is 1. The molecule has 0 aliphatic rings. The highest BCUT2D eigenvalue weighted by Crippen LogP contribution is 2.07. The lowest BCUT2D eigenvalue weighted by atomic mass is 10.1. The summed E-state index contributed by atoms with van der Waals surface area (Å²) in [4.78, 5) is 26.7. The Balaban J connectivity index is 2.71. The molecule has 100 valence electrons. The number of carboxylic acid groups (broad SMARTS) is 1. The van der Waals surface area contributed by atoms with Crippen LogP contribution in [0.3, 0.4) is 0 Å². The molecule has 1 atom stereocenters. The van der Waals surface area contributed by atoms with Gasteiger partial charge in [-0.1, -0.05) is 27.2 Å². The fourth-order valence-corrected chi connectivity index (χ4v) is 1.40. The fourth-order valence-electron chi connectivity index (χ4n) is 1.40. The summed E-state index contributed by atoms with van der Waals surface area (Å²) >= 11 is 0. The SMILES string of the molecule is CCCC(NC(=O)c1n[nH]c(C(C)C)n1)C(=O)O. The molecule has 0 saturated heterocycles. The summed E-state index contributed by atoms with van der Waals surface area (Å²) in [7, 11) is 0. The van der Waals surface area contributed by atoms with Gasteiger partial charge in [0.05, 0.1) is 0 Å². The first kappa shape index (κ1) is 14.1. The zero-order chi connectivity index (χ0) is 13.7. The third kappa shape index (κ3) is 3.54. The molecular formula is C11H18N4O3. The lowest BCUT2D eigenvalue weighted by molar-refractivity contribution is -0.139. The highest BCUT2D eigenvalue weighted by molar-refractivity contribution is 5.93. The highest BCUT2D eigenvalue weighted by Gasteiger charge is 2.22. The van der Waals surface area contributed by atoms with Crippen molar-refractivity contribution in [2.75, 3.05) is 0 Å². The van der Waals surface area contributed by atoms with E-state index in [4.69, 9.17) is 5.11 Å². The summed E-state index contributed by atoms with van der Waals surface area (Å²) in [5.74, 6) is -0.919. The number of hydrogen-bond acceptors (Lipinski definition) is 4. The van der Waals surface area contributed by atoms with Crippen molar-refractivity contribution < 1.29 is 14.7 Å². The number of carbonyl (C=O) groups is 2. The maximum atomic E-state index is 11.8. The molecule has 1 amide bonds. The lowest BCUT2D eigenvalue weighted by Crippen LogP contribution is -2.41. The Labute approximate surface area is 105 Å². The van der Waals surface area contributed by atoms with Gasteiger partial charge in [0, 0.05) is 5.92 Å². The first-order valence-electron chi connectivity index (χ1n) is 5.91. The van der Waals surface area contributed by atoms with Crippen molar-refractivity contribution in [1.29, 1.82) is 0 Å². The maximum Gasteiger partial charge on any atom is 0.326 e. The summed E-state index contributed by atoms with van der Waals surface area (Å²) in [6, 6.07) is -0.900. The van der Waals surface area contributed by atoms with Crippen LogP contribution >= 0.6 is 0 Å². The molecule has 3 N–H and O–H groups in total. The standard InChI is InChI=1S/C11H18N4O3/c1-4-5-7(11(17)18)12-10(16)9-13-8(6(2)3)14-15-9/h6-7H,4-5H2,1-3H3,(H,12,16)(H,17,18)(H,13,14,15). The summed E-state index contributed by atoms with van der Waals surface area (Å²) < 4.78 is 0. The van der Waals surface area contributed by atoms with Gasteiger partial charge in [-0.25, -0.2) is 9.78 Å². The van der Waals surface area contributed by atoms with Crippen LogP contribution in [0.5, 0.6) is 0 Å². The van der Waals surface area contributed by atoms with Crippen LogP contribution in [0.1, 0.15) is 56.0 Å². The minimum Gasteiger partial charge on any atom is -0.480 e. The van der Waals surface area contributed by atoms with E-state index >= 15 is 0 Å². The largest absolute Gasteiger partial charge is 0.480 e. The van der Waals surface area contributed by atoms with Gasteiger partial charge in [0.25, 0.3) is 5.91 Å². The van der Waals surface area contributed by atoms with E-state index in [1.165, 1.54) is 0 Å². The van der Waals surface area contributed by atoms with Gasteiger partial charge in [-0.15, -0.1) is 5.10 Å². The average molecular weight is 254 g/mol. The molecule has 0 aliphatic carbocycles. The predicted molar refractivity (Wildman–Crippen MR) is 64.3 cm³/mol. The number of rotatable bonds is 6. The summed E-state index contributed by atoms with van der Waals surface area (Å²) in [6.45, 7) is 5.68. The minimum atomic E-state index is -1.05. The Morgan fingerprint density at radius 1 is 1.44 bits per heavy atom. The molecule has 7 nitrogen and oxygen atoms in total. The van der Waals surface area contributed by atoms with E-state index in [-0.39, 0.29) is 11.7 Å². The number of nitrogens with one attached hydrogen (secondary N) is 2. The van der Waals surface area contributed by atoms with E-state index in [2.05, 4.69) is 20.5 Å². The predicted octanol–water partition coefficient (Wildman–Crippen LogP) is 0.911. The Morgan fingerprint density at radius 2 is 2.11 bits per heavy atom. The molecule has 1 aromatic rings. The highest BCUT2D eigenvalue weighted by atomic mass is 16.4. The average Bonchev–Trinajstić information content (AvgIpc) is 2.77. The van der Waals surface area contributed by atoms with Gasteiger partial charge in [0.15, 0.2) is 0 Å². The number of amides is 1. The van der Waals surface area contributed by atoms with E-state index in [1.54, 1.807) is 0 Å². The molecular weight excluding hydrogens is 236 g/mol. The van der Waals surface area contributed by atoms with Crippen LogP contribution in [-0.4, -0.2) is 38.2 Å². The Morgan fingerprint density at radius 3 is 2.56 bits per heavy atom. The molecule has 1 rings (SSSR count). The van der Waals surface area contributed by atoms with Crippen molar-refractivity contribution in [1.82, 2.24) is 20.5 Å². The van der Waals surface area contributed by atoms with Gasteiger partial charge in [-0.3, -0.25) is 9.89 Å². The number of carboxylic acids is 1. The summed E-state index contributed by atoms with van der Waals surface area (Å²) in [6.07, 6.45) is 1.05. The Bertz CT molecular complexity index is 428. The van der Waals surface area contributed by atoms with E-state index in [1.807, 2.05) is 20.8 Å². The van der Waals surface area contributed by atoms with Crippen LogP contribution < -0.4 is 5.32 Å². The smallest absolute Gasteiger partial charge is 0.326 e. The molecule has 1 aromatic heterocycles. The van der Waals surface area contributed by atoms with Crippen molar-refractivity contribution in [3.63, 3.8) is 0 Å². The number of aliphatic carboxylic acids is 1. The third-order valence-corrected chi connectivity index (χ3v) is 2.43. The van der Waals surface area contributed by atoms with Gasteiger partial charge in [-0.05, 0) is 6.42 Å². The van der Waals surface area contributed by atoms with Crippen LogP contribution in [-0.2, 0) is 4.79 Å². The van der Waals surface area contributed by atoms with Gasteiger partial charge in [0.2, 0.25) is 5.82 Å². The summed E-state index contributed by atoms with van der Waals surface area (Å²) in [5, 5.41) is 17.8. The molecule has 0 saturated carbocycles. The summed E-state index contributed by atoms with van der Waals surface area (Å²) in [5.41, 5.74) is 0. The number of hydrogen-bond donors (Lipinski definition) is 3. The number of aromatic nitrogens is 3. The maximum absolute atomic E-state index is 11.8. The number of nitrogens with zero attached hydrogens (tertiary/aromatic N) is 2. The molecule has 18 heavy (non-hydrogen) atoms. The van der Waals surface area contributed by atoms with Crippen LogP contribution in [0.4, 0.5) is 0 Å². The zero-order valence-corrected chi connectivity index (χ0v) is 10.7. The number of aromatic amines is 1. The molecule has 7 heteroatoms. The Kier molecular flexibility index (Phi) is 4.82. The van der Waals surface area contributed by atoms with Crippen molar-refractivity contribution in [3.05, 3.63) is 11.6 Å². The molecule has 1 heterocycles. The Hall–Kier alpha value is -1.92. The number of H-pyrrole nitrogens is 1. The zero-order valence-electron chi connectivity index (χ0n) is 10.7. The van der Waals surface area contributed by atoms with Crippen LogP contribution in [0.15, 0.2) is 0 Å². The van der Waals surface area contributed by atoms with Gasteiger partial charge in [-0.2, -0.15) is 0 Å². The first-order chi connectivity index (χ1) is 8.45. The van der Waals surface area contributed by atoms with Gasteiger partial charge < -0.3 is 10.4 Å². The van der Waals surface area contributed by atoms with Crippen molar-refractivity contribution in [2.45, 2.75) is 45.6 Å².